The molecule has 1 fully saturated rings. The van der Waals surface area contributed by atoms with Crippen molar-refractivity contribution in [2.45, 2.75) is 69.6 Å². The normalized spacial score (nSPS) is 23.4. The van der Waals surface area contributed by atoms with Crippen molar-refractivity contribution in [3.05, 3.63) is 70.3 Å². The maximum absolute atomic E-state index is 12.7. The number of methoxy groups -OCH3 is 1. The standard InChI is InChI=1S/C35H47ClN2O5S/c1-6-8-27-18-30(36)12-13-31(27)29-20-38(33-17-26(21-39)10-15-34(33)43-22-29)19-28-11-14-32(28)35(23-40,42-5)16-7-9-24(2)25(3)44(41)37-4/h7,10,12-13,15-18,21,23-25,28-29,32,37H,6,8-9,11,14,19-20,22H2,1-5H3/b16-7+. The van der Waals surface area contributed by atoms with E-state index in [1.807, 2.05) is 37.3 Å². The molecule has 1 aliphatic carbocycles. The number of fused-ring (bicyclic) bond motifs is 1. The molecule has 0 bridgehead atoms. The molecule has 2 aliphatic rings. The van der Waals surface area contributed by atoms with Crippen molar-refractivity contribution < 1.29 is 23.3 Å². The Morgan fingerprint density at radius 1 is 1.20 bits per heavy atom. The fourth-order valence-electron chi connectivity index (χ4n) is 6.64. The number of aryl methyl sites for hydroxylation is 1. The minimum Gasteiger partial charge on any atom is -0.491 e. The number of halogens is 1. The van der Waals surface area contributed by atoms with Crippen LogP contribution >= 0.6 is 11.6 Å². The molecule has 0 saturated heterocycles. The first-order valence-corrected chi connectivity index (χ1v) is 17.3. The van der Waals surface area contributed by atoms with Crippen LogP contribution < -0.4 is 14.4 Å². The Balaban J connectivity index is 1.60. The van der Waals surface area contributed by atoms with E-state index in [2.05, 4.69) is 35.6 Å². The van der Waals surface area contributed by atoms with E-state index >= 15 is 0 Å². The van der Waals surface area contributed by atoms with Gasteiger partial charge >= 0.3 is 0 Å². The fraction of sp³-hybridized carbons (Fsp3) is 0.543. The van der Waals surface area contributed by atoms with E-state index in [0.717, 1.165) is 54.7 Å². The summed E-state index contributed by atoms with van der Waals surface area (Å²) in [5.41, 5.74) is 2.94. The van der Waals surface area contributed by atoms with Crippen LogP contribution in [0.2, 0.25) is 5.02 Å². The monoisotopic (exact) mass is 642 g/mol. The van der Waals surface area contributed by atoms with Crippen molar-refractivity contribution in [3.8, 4) is 5.75 Å². The Hall–Kier alpha value is -2.52. The summed E-state index contributed by atoms with van der Waals surface area (Å²) in [7, 11) is 2.19. The second-order valence-electron chi connectivity index (χ2n) is 12.3. The zero-order valence-electron chi connectivity index (χ0n) is 26.6. The lowest BCUT2D eigenvalue weighted by atomic mass is 9.64. The van der Waals surface area contributed by atoms with Gasteiger partial charge in [-0.1, -0.05) is 44.0 Å². The molecule has 0 aromatic heterocycles. The van der Waals surface area contributed by atoms with Crippen molar-refractivity contribution in [2.75, 3.05) is 38.8 Å². The third-order valence-electron chi connectivity index (χ3n) is 9.62. The van der Waals surface area contributed by atoms with Crippen LogP contribution in [0.1, 0.15) is 73.9 Å². The summed E-state index contributed by atoms with van der Waals surface area (Å²) in [5.74, 6) is 1.23. The number of allylic oxidation sites excluding steroid dienone is 1. The highest BCUT2D eigenvalue weighted by atomic mass is 35.5. The lowest BCUT2D eigenvalue weighted by Crippen LogP contribution is -2.52. The summed E-state index contributed by atoms with van der Waals surface area (Å²) in [6.07, 6.45) is 10.2. The first-order chi connectivity index (χ1) is 21.2. The fourth-order valence-corrected chi connectivity index (χ4v) is 7.74. The van der Waals surface area contributed by atoms with Gasteiger partial charge in [0.2, 0.25) is 0 Å². The highest BCUT2D eigenvalue weighted by Crippen LogP contribution is 2.46. The molecular weight excluding hydrogens is 596 g/mol. The lowest BCUT2D eigenvalue weighted by Gasteiger charge is -2.47. The quantitative estimate of drug-likeness (QED) is 0.175. The van der Waals surface area contributed by atoms with Crippen molar-refractivity contribution in [1.82, 2.24) is 4.72 Å². The van der Waals surface area contributed by atoms with Gasteiger partial charge < -0.3 is 14.4 Å². The van der Waals surface area contributed by atoms with Gasteiger partial charge in [-0.2, -0.15) is 0 Å². The van der Waals surface area contributed by atoms with Gasteiger partial charge in [-0.3, -0.25) is 9.59 Å². The van der Waals surface area contributed by atoms with Crippen LogP contribution in [0.5, 0.6) is 5.75 Å². The number of nitrogens with one attached hydrogen (secondary N) is 1. The van der Waals surface area contributed by atoms with Gasteiger partial charge in [-0.05, 0) is 99.0 Å². The predicted molar refractivity (Wildman–Crippen MR) is 179 cm³/mol. The summed E-state index contributed by atoms with van der Waals surface area (Å²) in [6, 6.07) is 11.7. The second-order valence-corrected chi connectivity index (χ2v) is 14.5. The second kappa shape index (κ2) is 15.7. The van der Waals surface area contributed by atoms with Crippen LogP contribution in [-0.4, -0.2) is 61.5 Å². The van der Waals surface area contributed by atoms with Gasteiger partial charge in [-0.15, -0.1) is 0 Å². The predicted octanol–water partition coefficient (Wildman–Crippen LogP) is 6.55. The van der Waals surface area contributed by atoms with E-state index in [-0.39, 0.29) is 28.9 Å². The Kier molecular flexibility index (Phi) is 12.2. The third kappa shape index (κ3) is 7.64. The topological polar surface area (TPSA) is 84.9 Å². The van der Waals surface area contributed by atoms with Crippen LogP contribution in [0.25, 0.3) is 0 Å². The SMILES string of the molecule is CCCc1cc(Cl)ccc1C1COc2ccc(C=O)cc2N(CC2CCC2C(C=O)(/C=C/CC(C)C(C)S(=O)NC)OC)C1. The number of hydrogen-bond donors (Lipinski definition) is 1. The van der Waals surface area contributed by atoms with Crippen molar-refractivity contribution >= 4 is 40.8 Å². The van der Waals surface area contributed by atoms with E-state index in [1.54, 1.807) is 20.2 Å². The van der Waals surface area contributed by atoms with E-state index in [9.17, 15) is 13.8 Å². The molecule has 7 atom stereocenters. The molecule has 2 aromatic carbocycles. The number of benzene rings is 2. The van der Waals surface area contributed by atoms with Crippen LogP contribution in [0.15, 0.2) is 48.6 Å². The molecule has 7 nitrogen and oxygen atoms in total. The number of rotatable bonds is 15. The number of hydrogen-bond acceptors (Lipinski definition) is 6. The van der Waals surface area contributed by atoms with E-state index in [4.69, 9.17) is 21.1 Å². The summed E-state index contributed by atoms with van der Waals surface area (Å²) in [4.78, 5) is 26.8. The molecule has 0 amide bonds. The lowest BCUT2D eigenvalue weighted by molar-refractivity contribution is -0.135. The molecule has 2 aromatic rings. The summed E-state index contributed by atoms with van der Waals surface area (Å²) in [5, 5.41) is 0.707. The number of ether oxygens (including phenoxy) is 2. The van der Waals surface area contributed by atoms with Gasteiger partial charge in [0, 0.05) is 47.9 Å². The minimum atomic E-state index is -1.11. The molecule has 44 heavy (non-hydrogen) atoms. The smallest absolute Gasteiger partial charge is 0.156 e. The highest BCUT2D eigenvalue weighted by Gasteiger charge is 2.47. The number of aldehydes is 2. The van der Waals surface area contributed by atoms with Crippen LogP contribution in [0.4, 0.5) is 5.69 Å². The van der Waals surface area contributed by atoms with E-state index in [0.29, 0.717) is 31.7 Å². The van der Waals surface area contributed by atoms with Gasteiger partial charge in [0.25, 0.3) is 0 Å². The van der Waals surface area contributed by atoms with Crippen molar-refractivity contribution in [1.29, 1.82) is 0 Å². The van der Waals surface area contributed by atoms with E-state index < -0.39 is 16.6 Å². The number of carbonyl (C=O) groups excluding carboxylic acids is 2. The number of carbonyl (C=O) groups is 2. The Morgan fingerprint density at radius 3 is 2.64 bits per heavy atom. The Bertz CT molecular complexity index is 1350. The molecule has 4 rings (SSSR count). The molecule has 1 N–H and O–H groups in total. The maximum atomic E-state index is 12.7. The van der Waals surface area contributed by atoms with Crippen molar-refractivity contribution in [2.24, 2.45) is 17.8 Å². The third-order valence-corrected chi connectivity index (χ3v) is 11.4. The molecule has 0 radical (unpaired) electrons. The van der Waals surface area contributed by atoms with Gasteiger partial charge in [0.05, 0.1) is 23.3 Å². The average Bonchev–Trinajstić information content (AvgIpc) is 3.20. The molecular formula is C35H47ClN2O5S. The Labute approximate surface area is 270 Å². The number of anilines is 1. The van der Waals surface area contributed by atoms with Gasteiger partial charge in [0.1, 0.15) is 17.6 Å². The minimum absolute atomic E-state index is 0.00642. The van der Waals surface area contributed by atoms with Crippen molar-refractivity contribution in [3.63, 3.8) is 0 Å². The molecule has 1 saturated carbocycles. The highest BCUT2D eigenvalue weighted by molar-refractivity contribution is 7.83. The van der Waals surface area contributed by atoms with Gasteiger partial charge in [-0.25, -0.2) is 8.93 Å². The van der Waals surface area contributed by atoms with Crippen LogP contribution in [-0.2, 0) is 26.9 Å². The summed E-state index contributed by atoms with van der Waals surface area (Å²) in [6.45, 7) is 8.15. The molecule has 9 heteroatoms. The molecule has 240 valence electrons. The zero-order valence-corrected chi connectivity index (χ0v) is 28.2. The van der Waals surface area contributed by atoms with E-state index in [1.165, 1.54) is 11.1 Å². The Morgan fingerprint density at radius 2 is 2.00 bits per heavy atom. The average molecular weight is 643 g/mol. The molecule has 1 heterocycles. The number of nitrogens with zero attached hydrogens (tertiary/aromatic N) is 1. The molecule has 1 aliphatic heterocycles. The zero-order chi connectivity index (χ0) is 31.9. The van der Waals surface area contributed by atoms with Gasteiger partial charge in [0.15, 0.2) is 6.29 Å². The summed E-state index contributed by atoms with van der Waals surface area (Å²) < 4.78 is 27.4. The first kappa shape index (κ1) is 34.4. The summed E-state index contributed by atoms with van der Waals surface area (Å²) >= 11 is 6.39. The largest absolute Gasteiger partial charge is 0.491 e. The molecule has 7 unspecified atom stereocenters. The maximum Gasteiger partial charge on any atom is 0.156 e. The van der Waals surface area contributed by atoms with Crippen LogP contribution in [0, 0.1) is 17.8 Å². The van der Waals surface area contributed by atoms with Crippen LogP contribution in [0.3, 0.4) is 0 Å². The first-order valence-electron chi connectivity index (χ1n) is 15.7. The molecule has 0 spiro atoms.